The van der Waals surface area contributed by atoms with E-state index in [0.717, 1.165) is 0 Å². The Balaban J connectivity index is 2.22. The average molecular weight is 297 g/mol. The highest BCUT2D eigenvalue weighted by molar-refractivity contribution is 6.31. The lowest BCUT2D eigenvalue weighted by molar-refractivity contribution is 0.0778. The molecule has 1 aromatic carbocycles. The fourth-order valence-corrected chi connectivity index (χ4v) is 2.07. The van der Waals surface area contributed by atoms with Gasteiger partial charge < -0.3 is 10.6 Å². The quantitative estimate of drug-likeness (QED) is 0.943. The van der Waals surface area contributed by atoms with E-state index in [1.165, 1.54) is 27.9 Å². The SMILES string of the molecule is CN(Cc1c(F)cccc1Cl)C(=O)c1nn(C)cc1N. The van der Waals surface area contributed by atoms with E-state index in [1.54, 1.807) is 20.2 Å². The Morgan fingerprint density at radius 3 is 2.80 bits per heavy atom. The molecule has 20 heavy (non-hydrogen) atoms. The molecule has 7 heteroatoms. The van der Waals surface area contributed by atoms with Gasteiger partial charge in [0.25, 0.3) is 5.91 Å². The molecule has 1 amide bonds. The van der Waals surface area contributed by atoms with E-state index in [2.05, 4.69) is 5.10 Å². The standard InChI is InChI=1S/C13H14ClFN4O/c1-18(6-8-9(14)4-3-5-10(8)15)13(20)12-11(16)7-19(2)17-12/h3-5,7H,6,16H2,1-2H3. The highest BCUT2D eigenvalue weighted by Gasteiger charge is 2.20. The minimum absolute atomic E-state index is 0.0420. The van der Waals surface area contributed by atoms with Crippen LogP contribution in [-0.4, -0.2) is 27.6 Å². The van der Waals surface area contributed by atoms with Crippen LogP contribution in [0, 0.1) is 5.82 Å². The van der Waals surface area contributed by atoms with Crippen molar-refractivity contribution in [2.24, 2.45) is 7.05 Å². The minimum atomic E-state index is -0.453. The molecular formula is C13H14ClFN4O. The Hall–Kier alpha value is -2.08. The normalized spacial score (nSPS) is 10.6. The number of nitrogens with zero attached hydrogens (tertiary/aromatic N) is 3. The summed E-state index contributed by atoms with van der Waals surface area (Å²) in [5, 5.41) is 4.27. The van der Waals surface area contributed by atoms with Crippen molar-refractivity contribution >= 4 is 23.2 Å². The predicted molar refractivity (Wildman–Crippen MR) is 74.8 cm³/mol. The van der Waals surface area contributed by atoms with Gasteiger partial charge in [-0.3, -0.25) is 9.48 Å². The van der Waals surface area contributed by atoms with Gasteiger partial charge in [0.2, 0.25) is 0 Å². The Bertz CT molecular complexity index is 636. The van der Waals surface area contributed by atoms with Gasteiger partial charge in [0.15, 0.2) is 5.69 Å². The second kappa shape index (κ2) is 5.50. The lowest BCUT2D eigenvalue weighted by Crippen LogP contribution is -2.28. The van der Waals surface area contributed by atoms with Crippen LogP contribution in [0.4, 0.5) is 10.1 Å². The molecule has 0 aliphatic heterocycles. The summed E-state index contributed by atoms with van der Waals surface area (Å²) < 4.78 is 15.1. The second-order valence-corrected chi connectivity index (χ2v) is 4.88. The maximum Gasteiger partial charge on any atom is 0.276 e. The van der Waals surface area contributed by atoms with E-state index in [4.69, 9.17) is 17.3 Å². The smallest absolute Gasteiger partial charge is 0.276 e. The number of aromatic nitrogens is 2. The predicted octanol–water partition coefficient (Wildman–Crippen LogP) is 2.07. The fraction of sp³-hybridized carbons (Fsp3) is 0.231. The van der Waals surface area contributed by atoms with Crippen molar-refractivity contribution in [1.82, 2.24) is 14.7 Å². The molecule has 106 valence electrons. The number of hydrogen-bond donors (Lipinski definition) is 1. The summed E-state index contributed by atoms with van der Waals surface area (Å²) >= 11 is 5.94. The highest BCUT2D eigenvalue weighted by atomic mass is 35.5. The van der Waals surface area contributed by atoms with Crippen molar-refractivity contribution in [3.63, 3.8) is 0 Å². The molecule has 0 saturated carbocycles. The molecule has 0 saturated heterocycles. The van der Waals surface area contributed by atoms with Crippen molar-refractivity contribution < 1.29 is 9.18 Å². The first kappa shape index (κ1) is 14.3. The molecule has 2 rings (SSSR count). The maximum atomic E-state index is 13.7. The number of nitrogen functional groups attached to an aromatic ring is 1. The van der Waals surface area contributed by atoms with Crippen molar-refractivity contribution in [1.29, 1.82) is 0 Å². The first-order valence-corrected chi connectivity index (χ1v) is 6.25. The first-order valence-electron chi connectivity index (χ1n) is 5.87. The molecule has 0 aliphatic rings. The summed E-state index contributed by atoms with van der Waals surface area (Å²) in [5.74, 6) is -0.839. The molecule has 2 N–H and O–H groups in total. The van der Waals surface area contributed by atoms with Gasteiger partial charge in [0.05, 0.1) is 12.2 Å². The number of amides is 1. The summed E-state index contributed by atoms with van der Waals surface area (Å²) in [5.41, 5.74) is 6.39. The van der Waals surface area contributed by atoms with Gasteiger partial charge in [0, 0.05) is 30.9 Å². The monoisotopic (exact) mass is 296 g/mol. The van der Waals surface area contributed by atoms with E-state index < -0.39 is 5.82 Å². The van der Waals surface area contributed by atoms with Crippen molar-refractivity contribution in [2.75, 3.05) is 12.8 Å². The van der Waals surface area contributed by atoms with Gasteiger partial charge in [-0.2, -0.15) is 5.10 Å². The molecule has 2 aromatic rings. The Kier molecular flexibility index (Phi) is 3.94. The molecule has 0 bridgehead atoms. The molecule has 0 atom stereocenters. The van der Waals surface area contributed by atoms with Crippen LogP contribution in [0.3, 0.4) is 0 Å². The van der Waals surface area contributed by atoms with Gasteiger partial charge >= 0.3 is 0 Å². The first-order chi connectivity index (χ1) is 9.40. The van der Waals surface area contributed by atoms with E-state index >= 15 is 0 Å². The van der Waals surface area contributed by atoms with E-state index in [9.17, 15) is 9.18 Å². The molecule has 5 nitrogen and oxygen atoms in total. The number of carbonyl (C=O) groups is 1. The molecule has 0 aliphatic carbocycles. The van der Waals surface area contributed by atoms with Crippen LogP contribution >= 0.6 is 11.6 Å². The fourth-order valence-electron chi connectivity index (χ4n) is 1.85. The van der Waals surface area contributed by atoms with Gasteiger partial charge in [0.1, 0.15) is 5.82 Å². The van der Waals surface area contributed by atoms with E-state index in [0.29, 0.717) is 0 Å². The molecule has 0 spiro atoms. The highest BCUT2D eigenvalue weighted by Crippen LogP contribution is 2.21. The molecule has 0 radical (unpaired) electrons. The number of rotatable bonds is 3. The lowest BCUT2D eigenvalue weighted by atomic mass is 10.2. The van der Waals surface area contributed by atoms with E-state index in [1.807, 2.05) is 0 Å². The largest absolute Gasteiger partial charge is 0.396 e. The lowest BCUT2D eigenvalue weighted by Gasteiger charge is -2.17. The Morgan fingerprint density at radius 1 is 1.55 bits per heavy atom. The number of nitrogens with two attached hydrogens (primary N) is 1. The number of hydrogen-bond acceptors (Lipinski definition) is 3. The molecule has 1 heterocycles. The number of halogens is 2. The molecule has 0 fully saturated rings. The maximum absolute atomic E-state index is 13.7. The second-order valence-electron chi connectivity index (χ2n) is 4.47. The third-order valence-corrected chi connectivity index (χ3v) is 3.22. The third-order valence-electron chi connectivity index (χ3n) is 2.86. The summed E-state index contributed by atoms with van der Waals surface area (Å²) in [4.78, 5) is 13.5. The van der Waals surface area contributed by atoms with Gasteiger partial charge in [-0.15, -0.1) is 0 Å². The van der Waals surface area contributed by atoms with Crippen molar-refractivity contribution in [3.8, 4) is 0 Å². The third kappa shape index (κ3) is 2.75. The zero-order chi connectivity index (χ0) is 14.9. The molecular weight excluding hydrogens is 283 g/mol. The van der Waals surface area contributed by atoms with Crippen molar-refractivity contribution in [3.05, 3.63) is 46.5 Å². The van der Waals surface area contributed by atoms with Crippen LogP contribution in [0.2, 0.25) is 5.02 Å². The summed E-state index contributed by atoms with van der Waals surface area (Å²) in [6.45, 7) is 0.0420. The number of carbonyl (C=O) groups excluding carboxylic acids is 1. The van der Waals surface area contributed by atoms with Crippen LogP contribution in [0.15, 0.2) is 24.4 Å². The van der Waals surface area contributed by atoms with Crippen LogP contribution in [0.1, 0.15) is 16.1 Å². The zero-order valence-corrected chi connectivity index (χ0v) is 11.9. The van der Waals surface area contributed by atoms with Crippen LogP contribution < -0.4 is 5.73 Å². The summed E-state index contributed by atoms with van der Waals surface area (Å²) in [6.07, 6.45) is 1.54. The van der Waals surface area contributed by atoms with Crippen LogP contribution in [0.5, 0.6) is 0 Å². The summed E-state index contributed by atoms with van der Waals surface area (Å²) in [7, 11) is 3.21. The topological polar surface area (TPSA) is 64.2 Å². The van der Waals surface area contributed by atoms with Gasteiger partial charge in [-0.05, 0) is 12.1 Å². The molecule has 1 aromatic heterocycles. The van der Waals surface area contributed by atoms with E-state index in [-0.39, 0.29) is 34.4 Å². The number of anilines is 1. The molecule has 0 unspecified atom stereocenters. The average Bonchev–Trinajstić information content (AvgIpc) is 2.72. The van der Waals surface area contributed by atoms with Gasteiger partial charge in [-0.25, -0.2) is 4.39 Å². The Labute approximate surface area is 120 Å². The summed E-state index contributed by atoms with van der Waals surface area (Å²) in [6, 6.07) is 4.39. The van der Waals surface area contributed by atoms with Gasteiger partial charge in [-0.1, -0.05) is 17.7 Å². The van der Waals surface area contributed by atoms with Crippen LogP contribution in [-0.2, 0) is 13.6 Å². The van der Waals surface area contributed by atoms with Crippen LogP contribution in [0.25, 0.3) is 0 Å². The number of aryl methyl sites for hydroxylation is 1. The number of benzene rings is 1. The Morgan fingerprint density at radius 2 is 2.25 bits per heavy atom. The minimum Gasteiger partial charge on any atom is -0.396 e. The zero-order valence-electron chi connectivity index (χ0n) is 11.1. The van der Waals surface area contributed by atoms with Crippen molar-refractivity contribution in [2.45, 2.75) is 6.54 Å².